The summed E-state index contributed by atoms with van der Waals surface area (Å²) in [4.78, 5) is 12.3. The molecule has 5 nitrogen and oxygen atoms in total. The molecule has 0 saturated heterocycles. The van der Waals surface area contributed by atoms with Crippen molar-refractivity contribution >= 4 is 17.6 Å². The zero-order valence-corrected chi connectivity index (χ0v) is 14.7. The third-order valence-electron chi connectivity index (χ3n) is 3.65. The van der Waals surface area contributed by atoms with Gasteiger partial charge in [0.1, 0.15) is 5.75 Å². The van der Waals surface area contributed by atoms with Crippen LogP contribution in [0.5, 0.6) is 5.75 Å². The standard InChI is InChI=1S/C19H17ClN2O3/c1-3-25-19(23)18-12-17(13-4-10-16(24-2)11-5-13)21-22(18)15-8-6-14(20)7-9-15/h4-12H,3H2,1-2H3. The Morgan fingerprint density at radius 1 is 1.12 bits per heavy atom. The van der Waals surface area contributed by atoms with Gasteiger partial charge in [-0.1, -0.05) is 11.6 Å². The van der Waals surface area contributed by atoms with Crippen LogP contribution in [-0.4, -0.2) is 29.5 Å². The zero-order chi connectivity index (χ0) is 17.8. The molecule has 1 aromatic heterocycles. The number of hydrogen-bond acceptors (Lipinski definition) is 4. The predicted molar refractivity (Wildman–Crippen MR) is 96.5 cm³/mol. The van der Waals surface area contributed by atoms with Gasteiger partial charge < -0.3 is 9.47 Å². The Morgan fingerprint density at radius 2 is 1.80 bits per heavy atom. The molecule has 0 saturated carbocycles. The monoisotopic (exact) mass is 356 g/mol. The molecule has 0 bridgehead atoms. The Balaban J connectivity index is 2.07. The van der Waals surface area contributed by atoms with Crippen molar-refractivity contribution in [3.05, 3.63) is 65.3 Å². The van der Waals surface area contributed by atoms with Gasteiger partial charge in [-0.05, 0) is 61.5 Å². The van der Waals surface area contributed by atoms with Crippen LogP contribution >= 0.6 is 11.6 Å². The van der Waals surface area contributed by atoms with Crippen molar-refractivity contribution < 1.29 is 14.3 Å². The summed E-state index contributed by atoms with van der Waals surface area (Å²) in [5.41, 5.74) is 2.63. The number of methoxy groups -OCH3 is 1. The highest BCUT2D eigenvalue weighted by atomic mass is 35.5. The second-order valence-corrected chi connectivity index (χ2v) is 5.69. The van der Waals surface area contributed by atoms with Crippen LogP contribution in [0.1, 0.15) is 17.4 Å². The lowest BCUT2D eigenvalue weighted by Gasteiger charge is -2.06. The second kappa shape index (κ2) is 7.40. The number of benzene rings is 2. The molecule has 3 rings (SSSR count). The van der Waals surface area contributed by atoms with Crippen molar-refractivity contribution in [2.45, 2.75) is 6.92 Å². The molecule has 0 aliphatic carbocycles. The summed E-state index contributed by atoms with van der Waals surface area (Å²) in [5.74, 6) is 0.330. The Labute approximate surface area is 150 Å². The molecule has 0 radical (unpaired) electrons. The third kappa shape index (κ3) is 3.67. The Kier molecular flexibility index (Phi) is 5.05. The van der Waals surface area contributed by atoms with E-state index in [-0.39, 0.29) is 0 Å². The van der Waals surface area contributed by atoms with E-state index in [9.17, 15) is 4.79 Å². The Hall–Kier alpha value is -2.79. The lowest BCUT2D eigenvalue weighted by atomic mass is 10.1. The van der Waals surface area contributed by atoms with Crippen molar-refractivity contribution in [2.75, 3.05) is 13.7 Å². The van der Waals surface area contributed by atoms with Gasteiger partial charge in [-0.15, -0.1) is 0 Å². The molecule has 0 aliphatic heterocycles. The van der Waals surface area contributed by atoms with E-state index < -0.39 is 5.97 Å². The largest absolute Gasteiger partial charge is 0.497 e. The average molecular weight is 357 g/mol. The quantitative estimate of drug-likeness (QED) is 0.637. The highest BCUT2D eigenvalue weighted by Crippen LogP contribution is 2.25. The first-order chi connectivity index (χ1) is 12.1. The molecule has 0 N–H and O–H groups in total. The molecule has 1 heterocycles. The van der Waals surface area contributed by atoms with E-state index in [1.54, 1.807) is 49.0 Å². The van der Waals surface area contributed by atoms with Crippen molar-refractivity contribution in [3.63, 3.8) is 0 Å². The third-order valence-corrected chi connectivity index (χ3v) is 3.90. The van der Waals surface area contributed by atoms with Crippen molar-refractivity contribution in [1.82, 2.24) is 9.78 Å². The fourth-order valence-corrected chi connectivity index (χ4v) is 2.54. The number of carbonyl (C=O) groups is 1. The van der Waals surface area contributed by atoms with Crippen LogP contribution in [0.3, 0.4) is 0 Å². The van der Waals surface area contributed by atoms with Gasteiger partial charge in [0, 0.05) is 10.6 Å². The van der Waals surface area contributed by atoms with E-state index in [4.69, 9.17) is 21.1 Å². The molecule has 25 heavy (non-hydrogen) atoms. The molecular formula is C19H17ClN2O3. The summed E-state index contributed by atoms with van der Waals surface area (Å²) in [5, 5.41) is 5.19. The molecule has 2 aromatic carbocycles. The fourth-order valence-electron chi connectivity index (χ4n) is 2.41. The number of nitrogens with zero attached hydrogens (tertiary/aromatic N) is 2. The number of rotatable bonds is 5. The first kappa shape index (κ1) is 17.0. The van der Waals surface area contributed by atoms with Gasteiger partial charge in [-0.2, -0.15) is 5.10 Å². The molecule has 0 atom stereocenters. The Morgan fingerprint density at radius 3 is 2.40 bits per heavy atom. The number of esters is 1. The van der Waals surface area contributed by atoms with Crippen LogP contribution in [0.2, 0.25) is 5.02 Å². The van der Waals surface area contributed by atoms with Gasteiger partial charge in [0.15, 0.2) is 5.69 Å². The molecule has 0 spiro atoms. The molecule has 6 heteroatoms. The van der Waals surface area contributed by atoms with Crippen molar-refractivity contribution in [3.8, 4) is 22.7 Å². The topological polar surface area (TPSA) is 53.4 Å². The summed E-state index contributed by atoms with van der Waals surface area (Å²) < 4.78 is 11.9. The van der Waals surface area contributed by atoms with E-state index in [2.05, 4.69) is 5.10 Å². The summed E-state index contributed by atoms with van der Waals surface area (Å²) in [6, 6.07) is 16.3. The molecule has 0 unspecified atom stereocenters. The normalized spacial score (nSPS) is 10.5. The summed E-state index contributed by atoms with van der Waals surface area (Å²) in [7, 11) is 1.61. The first-order valence-corrected chi connectivity index (χ1v) is 8.17. The average Bonchev–Trinajstić information content (AvgIpc) is 3.08. The van der Waals surface area contributed by atoms with Gasteiger partial charge in [-0.3, -0.25) is 0 Å². The van der Waals surface area contributed by atoms with Crippen LogP contribution in [0.25, 0.3) is 16.9 Å². The lowest BCUT2D eigenvalue weighted by molar-refractivity contribution is 0.0515. The van der Waals surface area contributed by atoms with Gasteiger partial charge in [0.25, 0.3) is 0 Å². The fraction of sp³-hybridized carbons (Fsp3) is 0.158. The molecule has 0 amide bonds. The van der Waals surface area contributed by atoms with Gasteiger partial charge >= 0.3 is 5.97 Å². The van der Waals surface area contributed by atoms with E-state index in [0.717, 1.165) is 17.0 Å². The lowest BCUT2D eigenvalue weighted by Crippen LogP contribution is -2.11. The van der Waals surface area contributed by atoms with E-state index in [0.29, 0.717) is 23.0 Å². The molecule has 0 fully saturated rings. The maximum atomic E-state index is 12.3. The molecular weight excluding hydrogens is 340 g/mol. The smallest absolute Gasteiger partial charge is 0.357 e. The highest BCUT2D eigenvalue weighted by molar-refractivity contribution is 6.30. The van der Waals surface area contributed by atoms with Crippen LogP contribution in [0.4, 0.5) is 0 Å². The number of halogens is 1. The van der Waals surface area contributed by atoms with E-state index in [1.165, 1.54) is 0 Å². The summed E-state index contributed by atoms with van der Waals surface area (Å²) >= 11 is 5.95. The first-order valence-electron chi connectivity index (χ1n) is 7.80. The van der Waals surface area contributed by atoms with E-state index in [1.807, 2.05) is 24.3 Å². The van der Waals surface area contributed by atoms with Crippen LogP contribution in [-0.2, 0) is 4.74 Å². The summed E-state index contributed by atoms with van der Waals surface area (Å²) in [6.07, 6.45) is 0. The molecule has 3 aromatic rings. The van der Waals surface area contributed by atoms with Gasteiger partial charge in [0.05, 0.1) is 25.1 Å². The Bertz CT molecular complexity index is 871. The minimum atomic E-state index is -0.426. The van der Waals surface area contributed by atoms with Gasteiger partial charge in [-0.25, -0.2) is 9.48 Å². The minimum absolute atomic E-state index is 0.294. The SMILES string of the molecule is CCOC(=O)c1cc(-c2ccc(OC)cc2)nn1-c1ccc(Cl)cc1. The minimum Gasteiger partial charge on any atom is -0.497 e. The van der Waals surface area contributed by atoms with Crippen LogP contribution < -0.4 is 4.74 Å². The van der Waals surface area contributed by atoms with E-state index >= 15 is 0 Å². The van der Waals surface area contributed by atoms with Gasteiger partial charge in [0.2, 0.25) is 0 Å². The summed E-state index contributed by atoms with van der Waals surface area (Å²) in [6.45, 7) is 2.06. The zero-order valence-electron chi connectivity index (χ0n) is 13.9. The number of carbonyl (C=O) groups excluding carboxylic acids is 1. The number of hydrogen-bond donors (Lipinski definition) is 0. The molecule has 0 aliphatic rings. The van der Waals surface area contributed by atoms with Crippen LogP contribution in [0, 0.1) is 0 Å². The maximum absolute atomic E-state index is 12.3. The maximum Gasteiger partial charge on any atom is 0.357 e. The predicted octanol–water partition coefficient (Wildman–Crippen LogP) is 4.38. The van der Waals surface area contributed by atoms with Crippen LogP contribution in [0.15, 0.2) is 54.6 Å². The molecule has 128 valence electrons. The van der Waals surface area contributed by atoms with Crippen molar-refractivity contribution in [2.24, 2.45) is 0 Å². The highest BCUT2D eigenvalue weighted by Gasteiger charge is 2.18. The second-order valence-electron chi connectivity index (χ2n) is 5.25. The number of ether oxygens (including phenoxy) is 2. The van der Waals surface area contributed by atoms with Crippen molar-refractivity contribution in [1.29, 1.82) is 0 Å². The number of aromatic nitrogens is 2.